The Hall–Kier alpha value is -2.97. The number of para-hydroxylation sites is 1. The average Bonchev–Trinajstić information content (AvgIpc) is 3.23. The molecule has 1 unspecified atom stereocenters. The van der Waals surface area contributed by atoms with E-state index in [1.807, 2.05) is 31.2 Å². The van der Waals surface area contributed by atoms with Gasteiger partial charge in [-0.25, -0.2) is 4.98 Å². The lowest BCUT2D eigenvalue weighted by Gasteiger charge is -2.19. The molecule has 0 bridgehead atoms. The summed E-state index contributed by atoms with van der Waals surface area (Å²) in [6.07, 6.45) is 1.43. The molecular formula is C24H25N3O4S. The van der Waals surface area contributed by atoms with E-state index in [-0.39, 0.29) is 29.0 Å². The zero-order valence-electron chi connectivity index (χ0n) is 18.1. The van der Waals surface area contributed by atoms with Crippen molar-refractivity contribution in [2.24, 2.45) is 0 Å². The molecule has 4 rings (SSSR count). The second-order valence-corrected chi connectivity index (χ2v) is 8.74. The van der Waals surface area contributed by atoms with Crippen LogP contribution in [0.15, 0.2) is 58.5 Å². The van der Waals surface area contributed by atoms with E-state index >= 15 is 0 Å². The number of anilines is 1. The number of aromatic nitrogens is 2. The van der Waals surface area contributed by atoms with Gasteiger partial charge in [0, 0.05) is 31.3 Å². The van der Waals surface area contributed by atoms with Gasteiger partial charge in [-0.3, -0.25) is 19.0 Å². The van der Waals surface area contributed by atoms with Crippen LogP contribution in [0.2, 0.25) is 0 Å². The smallest absolute Gasteiger partial charge is 0.262 e. The Labute approximate surface area is 190 Å². The van der Waals surface area contributed by atoms with Crippen LogP contribution in [-0.4, -0.2) is 47.3 Å². The second-order valence-electron chi connectivity index (χ2n) is 7.80. The van der Waals surface area contributed by atoms with E-state index in [1.165, 1.54) is 11.8 Å². The van der Waals surface area contributed by atoms with Crippen LogP contribution in [0.1, 0.15) is 36.2 Å². The molecule has 1 aromatic heterocycles. The Morgan fingerprint density at radius 2 is 1.91 bits per heavy atom. The zero-order valence-corrected chi connectivity index (χ0v) is 18.9. The molecule has 1 aliphatic heterocycles. The monoisotopic (exact) mass is 451 g/mol. The summed E-state index contributed by atoms with van der Waals surface area (Å²) in [5.41, 5.74) is 1.84. The highest BCUT2D eigenvalue weighted by atomic mass is 32.2. The van der Waals surface area contributed by atoms with Crippen molar-refractivity contribution >= 4 is 40.0 Å². The molecule has 2 aromatic carbocycles. The van der Waals surface area contributed by atoms with Gasteiger partial charge in [-0.05, 0) is 49.7 Å². The predicted molar refractivity (Wildman–Crippen MR) is 126 cm³/mol. The molecule has 0 spiro atoms. The number of nitrogens with zero attached hydrogens (tertiary/aromatic N) is 3. The number of hydrogen-bond acceptors (Lipinski definition) is 6. The molecule has 3 aromatic rings. The third-order valence-electron chi connectivity index (χ3n) is 5.53. The van der Waals surface area contributed by atoms with Gasteiger partial charge < -0.3 is 9.64 Å². The molecule has 0 saturated carbocycles. The Kier molecular flexibility index (Phi) is 6.72. The predicted octanol–water partition coefficient (Wildman–Crippen LogP) is 3.71. The summed E-state index contributed by atoms with van der Waals surface area (Å²) in [4.78, 5) is 44.3. The van der Waals surface area contributed by atoms with Crippen LogP contribution >= 0.6 is 11.8 Å². The van der Waals surface area contributed by atoms with Crippen molar-refractivity contribution in [2.75, 3.05) is 30.9 Å². The Balaban J connectivity index is 1.55. The molecule has 1 atom stereocenters. The maximum absolute atomic E-state index is 13.1. The maximum atomic E-state index is 13.1. The molecule has 1 saturated heterocycles. The first kappa shape index (κ1) is 22.2. The summed E-state index contributed by atoms with van der Waals surface area (Å²) >= 11 is 1.25. The molecular weight excluding hydrogens is 426 g/mol. The lowest BCUT2D eigenvalue weighted by Crippen LogP contribution is -2.28. The van der Waals surface area contributed by atoms with Crippen LogP contribution in [-0.2, 0) is 9.53 Å². The third-order valence-corrected chi connectivity index (χ3v) is 6.48. The normalized spacial score (nSPS) is 14.8. The van der Waals surface area contributed by atoms with E-state index in [1.54, 1.807) is 40.8 Å². The van der Waals surface area contributed by atoms with E-state index in [2.05, 4.69) is 4.98 Å². The molecule has 1 amide bonds. The van der Waals surface area contributed by atoms with Gasteiger partial charge in [-0.15, -0.1) is 0 Å². The lowest BCUT2D eigenvalue weighted by atomic mass is 10.1. The first-order valence-electron chi connectivity index (χ1n) is 10.6. The summed E-state index contributed by atoms with van der Waals surface area (Å²) in [5.74, 6) is 0.194. The lowest BCUT2D eigenvalue weighted by molar-refractivity contribution is -0.117. The fourth-order valence-electron chi connectivity index (χ4n) is 3.89. The van der Waals surface area contributed by atoms with Crippen molar-refractivity contribution in [3.8, 4) is 0 Å². The number of carbonyl (C=O) groups is 2. The number of thioether (sulfide) groups is 1. The van der Waals surface area contributed by atoms with Crippen LogP contribution in [0.3, 0.4) is 0 Å². The van der Waals surface area contributed by atoms with E-state index in [4.69, 9.17) is 4.74 Å². The highest BCUT2D eigenvalue weighted by Crippen LogP contribution is 2.24. The highest BCUT2D eigenvalue weighted by Gasteiger charge is 2.22. The first-order chi connectivity index (χ1) is 15.5. The van der Waals surface area contributed by atoms with Gasteiger partial charge in [0.1, 0.15) is 0 Å². The summed E-state index contributed by atoms with van der Waals surface area (Å²) in [5, 5.41) is 1.03. The van der Waals surface area contributed by atoms with Gasteiger partial charge in [-0.2, -0.15) is 0 Å². The van der Waals surface area contributed by atoms with Gasteiger partial charge in [-0.1, -0.05) is 23.9 Å². The highest BCUT2D eigenvalue weighted by molar-refractivity contribution is 7.99. The minimum absolute atomic E-state index is 0.0670. The topological polar surface area (TPSA) is 81.5 Å². The fraction of sp³-hybridized carbons (Fsp3) is 0.333. The maximum Gasteiger partial charge on any atom is 0.262 e. The van der Waals surface area contributed by atoms with Gasteiger partial charge in [0.15, 0.2) is 10.9 Å². The van der Waals surface area contributed by atoms with Crippen LogP contribution < -0.4 is 10.5 Å². The van der Waals surface area contributed by atoms with Crippen molar-refractivity contribution < 1.29 is 14.3 Å². The number of methoxy groups -OCH3 is 1. The van der Waals surface area contributed by atoms with Gasteiger partial charge in [0.05, 0.1) is 29.3 Å². The number of benzene rings is 2. The molecule has 7 nitrogen and oxygen atoms in total. The van der Waals surface area contributed by atoms with Crippen molar-refractivity contribution in [1.29, 1.82) is 0 Å². The summed E-state index contributed by atoms with van der Waals surface area (Å²) < 4.78 is 6.85. The van der Waals surface area contributed by atoms with E-state index in [0.717, 1.165) is 12.1 Å². The first-order valence-corrected chi connectivity index (χ1v) is 11.5. The Morgan fingerprint density at radius 3 is 2.59 bits per heavy atom. The van der Waals surface area contributed by atoms with Crippen LogP contribution in [0, 0.1) is 0 Å². The summed E-state index contributed by atoms with van der Waals surface area (Å²) in [6.45, 7) is 2.97. The van der Waals surface area contributed by atoms with E-state index in [0.29, 0.717) is 41.2 Å². The van der Waals surface area contributed by atoms with Crippen molar-refractivity contribution in [3.63, 3.8) is 0 Å². The standard InChI is InChI=1S/C24H25N3O4S/c1-16(14-31-2)27-23(30)19-6-3-4-7-20(19)25-24(27)32-15-21(28)17-9-11-18(12-10-17)26-13-5-8-22(26)29/h3-4,6-7,9-12,16H,5,8,13-15H2,1-2H3. The van der Waals surface area contributed by atoms with E-state index < -0.39 is 0 Å². The number of Topliss-reactive ketones (excluding diaryl/α,β-unsaturated/α-hetero) is 1. The fourth-order valence-corrected chi connectivity index (χ4v) is 4.89. The average molecular weight is 452 g/mol. The van der Waals surface area contributed by atoms with E-state index in [9.17, 15) is 14.4 Å². The Bertz CT molecular complexity index is 1210. The minimum atomic E-state index is -0.223. The van der Waals surface area contributed by atoms with Crippen LogP contribution in [0.4, 0.5) is 5.69 Å². The quantitative estimate of drug-likeness (QED) is 0.295. The zero-order chi connectivity index (χ0) is 22.7. The summed E-state index contributed by atoms with van der Waals surface area (Å²) in [7, 11) is 1.59. The molecule has 32 heavy (non-hydrogen) atoms. The molecule has 0 N–H and O–H groups in total. The largest absolute Gasteiger partial charge is 0.383 e. The number of amides is 1. The summed E-state index contributed by atoms with van der Waals surface area (Å²) in [6, 6.07) is 14.1. The number of fused-ring (bicyclic) bond motifs is 1. The molecule has 2 heterocycles. The third kappa shape index (κ3) is 4.47. The van der Waals surface area contributed by atoms with Crippen LogP contribution in [0.25, 0.3) is 10.9 Å². The number of ether oxygens (including phenoxy) is 1. The van der Waals surface area contributed by atoms with Gasteiger partial charge in [0.25, 0.3) is 5.56 Å². The van der Waals surface area contributed by atoms with Gasteiger partial charge >= 0.3 is 0 Å². The molecule has 0 aliphatic carbocycles. The molecule has 166 valence electrons. The SMILES string of the molecule is COCC(C)n1c(SCC(=O)c2ccc(N3CCCC3=O)cc2)nc2ccccc2c1=O. The second kappa shape index (κ2) is 9.67. The van der Waals surface area contributed by atoms with Gasteiger partial charge in [0.2, 0.25) is 5.91 Å². The molecule has 8 heteroatoms. The molecule has 0 radical (unpaired) electrons. The number of ketones is 1. The number of hydrogen-bond donors (Lipinski definition) is 0. The molecule has 1 fully saturated rings. The minimum Gasteiger partial charge on any atom is -0.383 e. The van der Waals surface area contributed by atoms with Crippen molar-refractivity contribution in [1.82, 2.24) is 9.55 Å². The molecule has 1 aliphatic rings. The van der Waals surface area contributed by atoms with Crippen LogP contribution in [0.5, 0.6) is 0 Å². The Morgan fingerprint density at radius 1 is 1.16 bits per heavy atom. The van der Waals surface area contributed by atoms with Crippen molar-refractivity contribution in [3.05, 3.63) is 64.4 Å². The van der Waals surface area contributed by atoms with Crippen molar-refractivity contribution in [2.45, 2.75) is 31.0 Å². The number of carbonyl (C=O) groups excluding carboxylic acids is 2. The number of rotatable bonds is 8.